The second kappa shape index (κ2) is 8.48. The number of aliphatic imine (C=N–C) groups is 1. The summed E-state index contributed by atoms with van der Waals surface area (Å²) in [6.45, 7) is 2.40. The summed E-state index contributed by atoms with van der Waals surface area (Å²) in [7, 11) is -3.53. The van der Waals surface area contributed by atoms with Gasteiger partial charge in [0, 0.05) is 6.42 Å². The number of hydrogen-bond acceptors (Lipinski definition) is 8. The van der Waals surface area contributed by atoms with Gasteiger partial charge in [-0.2, -0.15) is 0 Å². The third kappa shape index (κ3) is 4.23. The number of sulfone groups is 1. The highest BCUT2D eigenvalue weighted by Gasteiger charge is 2.51. The number of aromatic nitrogens is 2. The van der Waals surface area contributed by atoms with E-state index in [2.05, 4.69) is 9.97 Å². The van der Waals surface area contributed by atoms with Crippen molar-refractivity contribution in [1.29, 1.82) is 0 Å². The maximum Gasteiger partial charge on any atom is 0.232 e. The van der Waals surface area contributed by atoms with Crippen molar-refractivity contribution in [3.63, 3.8) is 0 Å². The van der Waals surface area contributed by atoms with Crippen molar-refractivity contribution in [3.8, 4) is 5.88 Å². The molecule has 1 atom stereocenters. The van der Waals surface area contributed by atoms with Gasteiger partial charge in [0.25, 0.3) is 0 Å². The molecule has 1 aliphatic carbocycles. The minimum atomic E-state index is -3.53. The number of aryl methyl sites for hydroxylation is 1. The van der Waals surface area contributed by atoms with Crippen LogP contribution in [0.1, 0.15) is 53.9 Å². The number of rotatable bonds is 6. The van der Waals surface area contributed by atoms with E-state index in [0.717, 1.165) is 29.5 Å². The summed E-state index contributed by atoms with van der Waals surface area (Å²) >= 11 is 0. The van der Waals surface area contributed by atoms with Crippen molar-refractivity contribution in [2.45, 2.75) is 49.8 Å². The van der Waals surface area contributed by atoms with Crippen LogP contribution in [0.2, 0.25) is 0 Å². The first-order chi connectivity index (χ1) is 15.6. The highest BCUT2D eigenvalue weighted by molar-refractivity contribution is 7.93. The van der Waals surface area contributed by atoms with E-state index in [4.69, 9.17) is 15.5 Å². The van der Waals surface area contributed by atoms with E-state index in [1.165, 1.54) is 12.4 Å². The summed E-state index contributed by atoms with van der Waals surface area (Å²) < 4.78 is 42.2. The largest absolute Gasteiger partial charge is 0.474 e. The van der Waals surface area contributed by atoms with E-state index in [9.17, 15) is 17.6 Å². The molecule has 1 aliphatic heterocycles. The zero-order chi connectivity index (χ0) is 23.9. The van der Waals surface area contributed by atoms with Crippen LogP contribution in [0.25, 0.3) is 0 Å². The first-order valence-electron chi connectivity index (χ1n) is 10.8. The Kier molecular flexibility index (Phi) is 5.98. The fraction of sp³-hybridized carbons (Fsp3) is 0.478. The van der Waals surface area contributed by atoms with E-state index in [-0.39, 0.29) is 42.0 Å². The summed E-state index contributed by atoms with van der Waals surface area (Å²) in [4.78, 5) is 25.6. The van der Waals surface area contributed by atoms with Crippen molar-refractivity contribution in [1.82, 2.24) is 9.97 Å². The van der Waals surface area contributed by atoms with Crippen molar-refractivity contribution in [2.24, 2.45) is 10.7 Å². The maximum absolute atomic E-state index is 13.1. The van der Waals surface area contributed by atoms with Crippen LogP contribution in [0.15, 0.2) is 35.6 Å². The molecule has 176 valence electrons. The number of fused-ring (bicyclic) bond motifs is 2. The summed E-state index contributed by atoms with van der Waals surface area (Å²) in [5.74, 6) is -0.0841. The molecular formula is C23H27FN4O4S. The molecule has 2 N–H and O–H groups in total. The number of amidine groups is 1. The molecule has 2 aliphatic rings. The zero-order valence-corrected chi connectivity index (χ0v) is 19.5. The van der Waals surface area contributed by atoms with Gasteiger partial charge in [-0.25, -0.2) is 22.8 Å². The van der Waals surface area contributed by atoms with Crippen molar-refractivity contribution in [2.75, 3.05) is 19.0 Å². The Balaban J connectivity index is 1.63. The Morgan fingerprint density at radius 3 is 2.70 bits per heavy atom. The molecule has 10 heteroatoms. The summed E-state index contributed by atoms with van der Waals surface area (Å²) in [5.41, 5.74) is 7.97. The van der Waals surface area contributed by atoms with Gasteiger partial charge in [0.05, 0.1) is 18.1 Å². The second-order valence-electron chi connectivity index (χ2n) is 9.02. The fourth-order valence-corrected chi connectivity index (χ4v) is 6.08. The molecule has 33 heavy (non-hydrogen) atoms. The minimum Gasteiger partial charge on any atom is -0.474 e. The number of nitrogens with two attached hydrogens (primary N) is 1. The molecule has 0 amide bonds. The molecule has 0 saturated heterocycles. The Morgan fingerprint density at radius 1 is 1.24 bits per heavy atom. The summed E-state index contributed by atoms with van der Waals surface area (Å²) in [5, 5.41) is 0. The number of carbonyl (C=O) groups excluding carboxylic acids is 1. The Morgan fingerprint density at radius 2 is 2.03 bits per heavy atom. The number of halogens is 1. The Labute approximate surface area is 192 Å². The van der Waals surface area contributed by atoms with Gasteiger partial charge in [-0.05, 0) is 49.8 Å². The fourth-order valence-electron chi connectivity index (χ4n) is 4.36. The summed E-state index contributed by atoms with van der Waals surface area (Å²) in [6, 6.07) is 5.69. The minimum absolute atomic E-state index is 0.0696. The van der Waals surface area contributed by atoms with Crippen molar-refractivity contribution >= 4 is 21.5 Å². The number of nitrogens with zero attached hydrogens (tertiary/aromatic N) is 3. The lowest BCUT2D eigenvalue weighted by Gasteiger charge is -2.43. The van der Waals surface area contributed by atoms with Gasteiger partial charge in [-0.3, -0.25) is 9.79 Å². The molecule has 8 nitrogen and oxygen atoms in total. The number of alkyl halides is 1. The topological polar surface area (TPSA) is 125 Å². The average molecular weight is 475 g/mol. The highest BCUT2D eigenvalue weighted by Crippen LogP contribution is 2.44. The van der Waals surface area contributed by atoms with Gasteiger partial charge < -0.3 is 10.5 Å². The van der Waals surface area contributed by atoms with Crippen LogP contribution in [0.4, 0.5) is 4.39 Å². The molecule has 0 fully saturated rings. The molecule has 2 aromatic rings. The average Bonchev–Trinajstić information content (AvgIpc) is 2.77. The van der Waals surface area contributed by atoms with E-state index in [1.807, 2.05) is 18.2 Å². The molecule has 0 saturated carbocycles. The van der Waals surface area contributed by atoms with Gasteiger partial charge >= 0.3 is 0 Å². The van der Waals surface area contributed by atoms with E-state index >= 15 is 0 Å². The molecular weight excluding hydrogens is 447 g/mol. The van der Waals surface area contributed by atoms with Crippen LogP contribution in [0.3, 0.4) is 0 Å². The quantitative estimate of drug-likeness (QED) is 0.637. The smallest absolute Gasteiger partial charge is 0.232 e. The molecule has 2 heterocycles. The van der Waals surface area contributed by atoms with E-state index in [1.54, 1.807) is 13.8 Å². The number of carbonyl (C=O) groups is 1. The predicted octanol–water partition coefficient (Wildman–Crippen LogP) is 2.35. The highest BCUT2D eigenvalue weighted by atomic mass is 32.2. The van der Waals surface area contributed by atoms with Crippen molar-refractivity contribution < 1.29 is 22.3 Å². The monoisotopic (exact) mass is 474 g/mol. The van der Waals surface area contributed by atoms with E-state index in [0.29, 0.717) is 6.42 Å². The molecule has 0 radical (unpaired) electrons. The van der Waals surface area contributed by atoms with Crippen LogP contribution in [0, 0.1) is 0 Å². The maximum atomic E-state index is 13.1. The SMILES string of the molecule is CC1(C)C(N)=N[C@@]2(CCCc3ccc(CC(=O)c4cnc(OCCF)cn4)cc32)CS1(=O)=O. The van der Waals surface area contributed by atoms with Gasteiger partial charge in [-0.1, -0.05) is 18.2 Å². The van der Waals surface area contributed by atoms with Gasteiger partial charge in [0.15, 0.2) is 15.6 Å². The first kappa shape index (κ1) is 23.3. The zero-order valence-electron chi connectivity index (χ0n) is 18.7. The molecule has 1 aromatic heterocycles. The molecule has 4 rings (SSSR count). The van der Waals surface area contributed by atoms with Gasteiger partial charge in [0.1, 0.15) is 35.1 Å². The third-order valence-corrected chi connectivity index (χ3v) is 9.10. The van der Waals surface area contributed by atoms with Gasteiger partial charge in [0.2, 0.25) is 5.88 Å². The summed E-state index contributed by atoms with van der Waals surface area (Å²) in [6.07, 6.45) is 4.87. The van der Waals surface area contributed by atoms with Crippen molar-refractivity contribution in [3.05, 3.63) is 53.0 Å². The van der Waals surface area contributed by atoms with Crippen LogP contribution in [-0.4, -0.2) is 53.8 Å². The normalized spacial score (nSPS) is 22.9. The van der Waals surface area contributed by atoms with Crippen LogP contribution >= 0.6 is 0 Å². The lowest BCUT2D eigenvalue weighted by Crippen LogP contribution is -2.56. The molecule has 0 unspecified atom stereocenters. The van der Waals surface area contributed by atoms with Crippen LogP contribution < -0.4 is 10.5 Å². The van der Waals surface area contributed by atoms with Crippen LogP contribution in [0.5, 0.6) is 5.88 Å². The Hall–Kier alpha value is -2.88. The predicted molar refractivity (Wildman–Crippen MR) is 122 cm³/mol. The third-order valence-electron chi connectivity index (χ3n) is 6.48. The second-order valence-corrected chi connectivity index (χ2v) is 11.6. The lowest BCUT2D eigenvalue weighted by molar-refractivity contribution is 0.0987. The molecule has 0 bridgehead atoms. The number of benzene rings is 1. The van der Waals surface area contributed by atoms with Gasteiger partial charge in [-0.15, -0.1) is 0 Å². The number of ether oxygens (including phenoxy) is 1. The Bertz CT molecular complexity index is 1210. The van der Waals surface area contributed by atoms with Crippen LogP contribution in [-0.2, 0) is 28.2 Å². The number of hydrogen-bond donors (Lipinski definition) is 1. The molecule has 1 aromatic carbocycles. The standard InChI is InChI=1S/C23H27FN4O4S/c1-22(2)21(25)28-23(14-33(22,30)31)7-3-4-16-6-5-15(10-17(16)23)11-19(29)18-12-27-20(13-26-18)32-9-8-24/h5-6,10,12-13H,3-4,7-9,11,14H2,1-2H3,(H2,25,28)/t23-/m0/s1. The molecule has 1 spiro atoms. The number of Topliss-reactive ketones (excluding diaryl/α,β-unsaturated/α-hetero) is 1. The van der Waals surface area contributed by atoms with E-state index < -0.39 is 26.8 Å². The first-order valence-corrected chi connectivity index (χ1v) is 12.5. The lowest BCUT2D eigenvalue weighted by atomic mass is 9.76. The number of ketones is 1.